The van der Waals surface area contributed by atoms with E-state index in [0.29, 0.717) is 0 Å². The zero-order valence-electron chi connectivity index (χ0n) is 19.4. The molecular formula is C34H20O2. The van der Waals surface area contributed by atoms with E-state index in [9.17, 15) is 0 Å². The SMILES string of the molecule is c1cc(-c2cc3c4c(cccc4c2)Oc2ccccc2-3)cc(-c2ccc3c(c2)oc2ccccc23)c1. The molecule has 7 aromatic rings. The monoisotopic (exact) mass is 460 g/mol. The maximum absolute atomic E-state index is 6.22. The molecule has 0 bridgehead atoms. The summed E-state index contributed by atoms with van der Waals surface area (Å²) < 4.78 is 12.4. The largest absolute Gasteiger partial charge is 0.456 e. The van der Waals surface area contributed by atoms with Crippen molar-refractivity contribution in [2.45, 2.75) is 0 Å². The highest BCUT2D eigenvalue weighted by Gasteiger charge is 2.20. The minimum Gasteiger partial charge on any atom is -0.456 e. The molecular weight excluding hydrogens is 440 g/mol. The van der Waals surface area contributed by atoms with E-state index in [-0.39, 0.29) is 0 Å². The highest BCUT2D eigenvalue weighted by Crippen LogP contribution is 2.48. The van der Waals surface area contributed by atoms with Crippen LogP contribution in [0.25, 0.3) is 66.1 Å². The lowest BCUT2D eigenvalue weighted by atomic mass is 9.90. The van der Waals surface area contributed by atoms with Gasteiger partial charge in [-0.15, -0.1) is 0 Å². The Morgan fingerprint density at radius 2 is 1.17 bits per heavy atom. The predicted octanol–water partition coefficient (Wildman–Crippen LogP) is 9.85. The van der Waals surface area contributed by atoms with Crippen LogP contribution >= 0.6 is 0 Å². The normalized spacial score (nSPS) is 12.1. The Morgan fingerprint density at radius 3 is 2.14 bits per heavy atom. The van der Waals surface area contributed by atoms with Gasteiger partial charge in [-0.2, -0.15) is 0 Å². The molecule has 2 heterocycles. The number of hydrogen-bond acceptors (Lipinski definition) is 2. The molecule has 0 N–H and O–H groups in total. The van der Waals surface area contributed by atoms with Gasteiger partial charge in [-0.05, 0) is 81.7 Å². The molecule has 0 radical (unpaired) electrons. The molecule has 2 nitrogen and oxygen atoms in total. The molecule has 0 unspecified atom stereocenters. The van der Waals surface area contributed by atoms with Crippen LogP contribution in [0.2, 0.25) is 0 Å². The fraction of sp³-hybridized carbons (Fsp3) is 0. The molecule has 6 aromatic carbocycles. The maximum atomic E-state index is 6.22. The first kappa shape index (κ1) is 19.5. The van der Waals surface area contributed by atoms with E-state index >= 15 is 0 Å². The van der Waals surface area contributed by atoms with Gasteiger partial charge in [-0.3, -0.25) is 0 Å². The Bertz CT molecular complexity index is 1980. The van der Waals surface area contributed by atoms with Crippen molar-refractivity contribution in [1.29, 1.82) is 0 Å². The quantitative estimate of drug-likeness (QED) is 0.256. The minimum atomic E-state index is 0.905. The molecule has 1 aliphatic rings. The summed E-state index contributed by atoms with van der Waals surface area (Å²) in [5.74, 6) is 1.82. The van der Waals surface area contributed by atoms with Gasteiger partial charge in [-0.1, -0.05) is 72.8 Å². The number of furan rings is 1. The Labute approximate surface area is 208 Å². The molecule has 1 aromatic heterocycles. The van der Waals surface area contributed by atoms with Crippen LogP contribution in [-0.4, -0.2) is 0 Å². The van der Waals surface area contributed by atoms with E-state index in [2.05, 4.69) is 97.1 Å². The summed E-state index contributed by atoms with van der Waals surface area (Å²) in [4.78, 5) is 0. The molecule has 0 spiro atoms. The van der Waals surface area contributed by atoms with Crippen LogP contribution in [0.1, 0.15) is 0 Å². The summed E-state index contributed by atoms with van der Waals surface area (Å²) in [7, 11) is 0. The van der Waals surface area contributed by atoms with Crippen molar-refractivity contribution >= 4 is 32.7 Å². The smallest absolute Gasteiger partial charge is 0.136 e. The summed E-state index contributed by atoms with van der Waals surface area (Å²) in [5, 5.41) is 4.66. The molecule has 0 saturated heterocycles. The maximum Gasteiger partial charge on any atom is 0.136 e. The van der Waals surface area contributed by atoms with Crippen molar-refractivity contribution in [3.8, 4) is 44.9 Å². The van der Waals surface area contributed by atoms with Crippen LogP contribution in [0.5, 0.6) is 11.5 Å². The summed E-state index contributed by atoms with van der Waals surface area (Å²) in [6.07, 6.45) is 0. The highest BCUT2D eigenvalue weighted by molar-refractivity contribution is 6.07. The lowest BCUT2D eigenvalue weighted by molar-refractivity contribution is 0.487. The van der Waals surface area contributed by atoms with E-state index in [0.717, 1.165) is 44.6 Å². The molecule has 1 aliphatic heterocycles. The third-order valence-electron chi connectivity index (χ3n) is 7.24. The molecule has 8 rings (SSSR count). The topological polar surface area (TPSA) is 22.4 Å². The number of ether oxygens (including phenoxy) is 1. The highest BCUT2D eigenvalue weighted by atomic mass is 16.5. The fourth-order valence-electron chi connectivity index (χ4n) is 5.54. The predicted molar refractivity (Wildman–Crippen MR) is 148 cm³/mol. The lowest BCUT2D eigenvalue weighted by Gasteiger charge is -2.22. The molecule has 0 fully saturated rings. The van der Waals surface area contributed by atoms with E-state index < -0.39 is 0 Å². The Morgan fingerprint density at radius 1 is 0.417 bits per heavy atom. The Kier molecular flexibility index (Phi) is 3.97. The number of benzene rings is 6. The number of para-hydroxylation sites is 2. The van der Waals surface area contributed by atoms with E-state index in [1.54, 1.807) is 0 Å². The van der Waals surface area contributed by atoms with Gasteiger partial charge in [0.25, 0.3) is 0 Å². The third-order valence-corrected chi connectivity index (χ3v) is 7.24. The van der Waals surface area contributed by atoms with Crippen LogP contribution < -0.4 is 4.74 Å². The molecule has 0 amide bonds. The van der Waals surface area contributed by atoms with Gasteiger partial charge in [0.1, 0.15) is 22.7 Å². The number of rotatable bonds is 2. The third kappa shape index (κ3) is 2.85. The van der Waals surface area contributed by atoms with Crippen molar-refractivity contribution in [1.82, 2.24) is 0 Å². The molecule has 36 heavy (non-hydrogen) atoms. The van der Waals surface area contributed by atoms with Crippen LogP contribution in [-0.2, 0) is 0 Å². The van der Waals surface area contributed by atoms with Crippen molar-refractivity contribution < 1.29 is 9.15 Å². The van der Waals surface area contributed by atoms with Gasteiger partial charge in [0.2, 0.25) is 0 Å². The first-order valence-corrected chi connectivity index (χ1v) is 12.2. The zero-order valence-corrected chi connectivity index (χ0v) is 19.4. The van der Waals surface area contributed by atoms with Crippen molar-refractivity contribution in [3.05, 3.63) is 121 Å². The summed E-state index contributed by atoms with van der Waals surface area (Å²) in [5.41, 5.74) is 8.88. The minimum absolute atomic E-state index is 0.905. The van der Waals surface area contributed by atoms with E-state index in [4.69, 9.17) is 9.15 Å². The van der Waals surface area contributed by atoms with Crippen LogP contribution in [0.15, 0.2) is 126 Å². The second-order valence-corrected chi connectivity index (χ2v) is 9.37. The van der Waals surface area contributed by atoms with Gasteiger partial charge in [-0.25, -0.2) is 0 Å². The second-order valence-electron chi connectivity index (χ2n) is 9.37. The van der Waals surface area contributed by atoms with Gasteiger partial charge < -0.3 is 9.15 Å². The average Bonchev–Trinajstić information content (AvgIpc) is 3.31. The first-order valence-electron chi connectivity index (χ1n) is 12.2. The van der Waals surface area contributed by atoms with Crippen molar-refractivity contribution in [2.24, 2.45) is 0 Å². The van der Waals surface area contributed by atoms with Crippen molar-refractivity contribution in [2.75, 3.05) is 0 Å². The van der Waals surface area contributed by atoms with Gasteiger partial charge >= 0.3 is 0 Å². The first-order chi connectivity index (χ1) is 17.8. The van der Waals surface area contributed by atoms with Gasteiger partial charge in [0.05, 0.1) is 0 Å². The Balaban J connectivity index is 1.29. The fourth-order valence-corrected chi connectivity index (χ4v) is 5.54. The molecule has 0 saturated carbocycles. The summed E-state index contributed by atoms with van der Waals surface area (Å²) >= 11 is 0. The van der Waals surface area contributed by atoms with Crippen LogP contribution in [0, 0.1) is 0 Å². The molecule has 2 heteroatoms. The second kappa shape index (κ2) is 7.34. The lowest BCUT2D eigenvalue weighted by Crippen LogP contribution is -1.97. The standard InChI is InChI=1S/C34H20O2/c1-3-12-30-26(10-1)28-16-15-23(20-33(28)36-30)21-7-5-8-22(17-21)25-18-24-9-6-14-32-34(24)29(19-25)27-11-2-4-13-31(27)35-32/h1-20H. The zero-order chi connectivity index (χ0) is 23.6. The van der Waals surface area contributed by atoms with Crippen LogP contribution in [0.3, 0.4) is 0 Å². The van der Waals surface area contributed by atoms with E-state index in [1.165, 1.54) is 33.0 Å². The van der Waals surface area contributed by atoms with Crippen molar-refractivity contribution in [3.63, 3.8) is 0 Å². The number of fused-ring (bicyclic) bond motifs is 5. The summed E-state index contributed by atoms with van der Waals surface area (Å²) in [6.45, 7) is 0. The van der Waals surface area contributed by atoms with Crippen LogP contribution in [0.4, 0.5) is 0 Å². The van der Waals surface area contributed by atoms with Gasteiger partial charge in [0.15, 0.2) is 0 Å². The molecule has 0 atom stereocenters. The summed E-state index contributed by atoms with van der Waals surface area (Å²) in [6, 6.07) is 42.6. The average molecular weight is 461 g/mol. The molecule has 168 valence electrons. The number of hydrogen-bond donors (Lipinski definition) is 0. The van der Waals surface area contributed by atoms with E-state index in [1.807, 2.05) is 24.3 Å². The van der Waals surface area contributed by atoms with Gasteiger partial charge in [0, 0.05) is 21.7 Å². The molecule has 0 aliphatic carbocycles. The Hall–Kier alpha value is -4.82.